The van der Waals surface area contributed by atoms with E-state index in [1.54, 1.807) is 29.0 Å². The first-order chi connectivity index (χ1) is 8.96. The molecule has 0 aliphatic carbocycles. The summed E-state index contributed by atoms with van der Waals surface area (Å²) in [5, 5.41) is 9.02. The molecule has 1 unspecified atom stereocenters. The zero-order valence-electron chi connectivity index (χ0n) is 11.4. The van der Waals surface area contributed by atoms with Crippen LogP contribution in [0.5, 0.6) is 0 Å². The van der Waals surface area contributed by atoms with Gasteiger partial charge in [0.05, 0.1) is 0 Å². The van der Waals surface area contributed by atoms with Crippen LogP contribution in [0.4, 0.5) is 0 Å². The maximum absolute atomic E-state index is 12.6. The topological polar surface area (TPSA) is 75.4 Å². The molecule has 0 aromatic carbocycles. The van der Waals surface area contributed by atoms with Crippen molar-refractivity contribution in [2.45, 2.75) is 43.7 Å². The summed E-state index contributed by atoms with van der Waals surface area (Å²) in [4.78, 5) is 4.13. The van der Waals surface area contributed by atoms with Crippen LogP contribution in [0.15, 0.2) is 11.2 Å². The van der Waals surface area contributed by atoms with Gasteiger partial charge in [-0.25, -0.2) is 13.4 Å². The second-order valence-electron chi connectivity index (χ2n) is 5.01. The Kier molecular flexibility index (Phi) is 4.27. The largest absolute Gasteiger partial charge is 0.396 e. The first-order valence-corrected chi connectivity index (χ1v) is 8.03. The van der Waals surface area contributed by atoms with Crippen LogP contribution < -0.4 is 0 Å². The van der Waals surface area contributed by atoms with Gasteiger partial charge in [0.15, 0.2) is 5.03 Å². The van der Waals surface area contributed by atoms with Crippen molar-refractivity contribution in [2.24, 2.45) is 7.05 Å². The van der Waals surface area contributed by atoms with Crippen molar-refractivity contribution in [1.29, 1.82) is 0 Å². The molecule has 1 N–H and O–H groups in total. The minimum absolute atomic E-state index is 0.000498. The van der Waals surface area contributed by atoms with Gasteiger partial charge in [-0.1, -0.05) is 0 Å². The minimum Gasteiger partial charge on any atom is -0.396 e. The Hall–Kier alpha value is -0.920. The number of hydrogen-bond acceptors (Lipinski definition) is 4. The van der Waals surface area contributed by atoms with Crippen molar-refractivity contribution in [3.05, 3.63) is 12.0 Å². The second-order valence-corrected chi connectivity index (χ2v) is 6.85. The third-order valence-electron chi connectivity index (χ3n) is 3.68. The molecule has 2 rings (SSSR count). The van der Waals surface area contributed by atoms with Crippen LogP contribution in [-0.4, -0.2) is 46.6 Å². The van der Waals surface area contributed by atoms with Crippen molar-refractivity contribution in [2.75, 3.05) is 13.2 Å². The van der Waals surface area contributed by atoms with Crippen LogP contribution >= 0.6 is 0 Å². The molecule has 1 fully saturated rings. The third-order valence-corrected chi connectivity index (χ3v) is 5.50. The van der Waals surface area contributed by atoms with Crippen LogP contribution in [0, 0.1) is 6.92 Å². The fourth-order valence-electron chi connectivity index (χ4n) is 2.51. The molecule has 19 heavy (non-hydrogen) atoms. The molecular formula is C12H21N3O3S. The summed E-state index contributed by atoms with van der Waals surface area (Å²) in [6.07, 6.45) is 4.65. The van der Waals surface area contributed by atoms with Crippen LogP contribution in [0.25, 0.3) is 0 Å². The molecule has 2 heterocycles. The average molecular weight is 287 g/mol. The van der Waals surface area contributed by atoms with Gasteiger partial charge in [0, 0.05) is 32.4 Å². The number of aliphatic hydroxyl groups excluding tert-OH is 1. The fourth-order valence-corrected chi connectivity index (χ4v) is 4.26. The van der Waals surface area contributed by atoms with Gasteiger partial charge in [-0.05, 0) is 32.6 Å². The number of sulfonamides is 1. The van der Waals surface area contributed by atoms with Crippen LogP contribution in [0.2, 0.25) is 0 Å². The van der Waals surface area contributed by atoms with Gasteiger partial charge in [0.2, 0.25) is 0 Å². The minimum atomic E-state index is -3.50. The summed E-state index contributed by atoms with van der Waals surface area (Å²) < 4.78 is 28.4. The van der Waals surface area contributed by atoms with Crippen molar-refractivity contribution >= 4 is 10.0 Å². The fraction of sp³-hybridized carbons (Fsp3) is 0.750. The predicted octanol–water partition coefficient (Wildman–Crippen LogP) is 0.654. The lowest BCUT2D eigenvalue weighted by atomic mass is 10.1. The quantitative estimate of drug-likeness (QED) is 0.863. The van der Waals surface area contributed by atoms with Crippen LogP contribution in [0.3, 0.4) is 0 Å². The van der Waals surface area contributed by atoms with Crippen LogP contribution in [0.1, 0.15) is 31.5 Å². The normalized spacial score (nSPS) is 21.1. The lowest BCUT2D eigenvalue weighted by Gasteiger charge is -2.22. The molecule has 0 radical (unpaired) electrons. The maximum atomic E-state index is 12.6. The number of aliphatic hydroxyl groups is 1. The predicted molar refractivity (Wildman–Crippen MR) is 71.2 cm³/mol. The zero-order chi connectivity index (χ0) is 14.0. The molecule has 7 heteroatoms. The van der Waals surface area contributed by atoms with Crippen molar-refractivity contribution in [1.82, 2.24) is 13.9 Å². The third kappa shape index (κ3) is 2.82. The lowest BCUT2D eigenvalue weighted by molar-refractivity contribution is 0.264. The summed E-state index contributed by atoms with van der Waals surface area (Å²) in [7, 11) is -1.71. The van der Waals surface area contributed by atoms with E-state index < -0.39 is 10.0 Å². The van der Waals surface area contributed by atoms with E-state index in [1.807, 2.05) is 0 Å². The van der Waals surface area contributed by atoms with Gasteiger partial charge >= 0.3 is 0 Å². The Morgan fingerprint density at radius 1 is 1.53 bits per heavy atom. The van der Waals surface area contributed by atoms with Crippen molar-refractivity contribution < 1.29 is 13.5 Å². The van der Waals surface area contributed by atoms with E-state index in [1.165, 1.54) is 0 Å². The summed E-state index contributed by atoms with van der Waals surface area (Å²) in [5.41, 5.74) is 0. The number of hydrogen-bond donors (Lipinski definition) is 1. The van der Waals surface area contributed by atoms with E-state index in [0.717, 1.165) is 12.8 Å². The lowest BCUT2D eigenvalue weighted by Crippen LogP contribution is -2.35. The van der Waals surface area contributed by atoms with Crippen molar-refractivity contribution in [3.63, 3.8) is 0 Å². The van der Waals surface area contributed by atoms with Gasteiger partial charge < -0.3 is 9.67 Å². The zero-order valence-corrected chi connectivity index (χ0v) is 12.2. The first kappa shape index (κ1) is 14.5. The summed E-state index contributed by atoms with van der Waals surface area (Å²) in [5.74, 6) is 0.685. The van der Waals surface area contributed by atoms with Gasteiger partial charge in [-0.15, -0.1) is 0 Å². The smallest absolute Gasteiger partial charge is 0.262 e. The molecule has 0 saturated carbocycles. The Morgan fingerprint density at radius 3 is 2.84 bits per heavy atom. The SMILES string of the molecule is Cc1nc(S(=O)(=O)N2CCCC2CCCO)cn1C. The number of aryl methyl sites for hydroxylation is 2. The van der Waals surface area contributed by atoms with Gasteiger partial charge in [0.1, 0.15) is 5.82 Å². The van der Waals surface area contributed by atoms with E-state index >= 15 is 0 Å². The van der Waals surface area contributed by atoms with Gasteiger partial charge in [0.25, 0.3) is 10.0 Å². The highest BCUT2D eigenvalue weighted by Crippen LogP contribution is 2.28. The Morgan fingerprint density at radius 2 is 2.26 bits per heavy atom. The summed E-state index contributed by atoms with van der Waals surface area (Å²) in [6, 6.07) is -0.000498. The summed E-state index contributed by atoms with van der Waals surface area (Å²) >= 11 is 0. The number of aromatic nitrogens is 2. The summed E-state index contributed by atoms with van der Waals surface area (Å²) in [6.45, 7) is 2.44. The Balaban J connectivity index is 2.23. The highest BCUT2D eigenvalue weighted by atomic mass is 32.2. The van der Waals surface area contributed by atoms with E-state index in [-0.39, 0.29) is 17.7 Å². The van der Waals surface area contributed by atoms with Crippen LogP contribution in [-0.2, 0) is 17.1 Å². The highest BCUT2D eigenvalue weighted by molar-refractivity contribution is 7.89. The molecule has 0 bridgehead atoms. The molecule has 1 aliphatic rings. The second kappa shape index (κ2) is 5.60. The maximum Gasteiger partial charge on any atom is 0.262 e. The molecule has 1 saturated heterocycles. The molecule has 108 valence electrons. The molecule has 6 nitrogen and oxygen atoms in total. The Labute approximate surface area is 114 Å². The molecular weight excluding hydrogens is 266 g/mol. The molecule has 1 aromatic rings. The van der Waals surface area contributed by atoms with E-state index in [4.69, 9.17) is 5.11 Å². The molecule has 0 spiro atoms. The number of rotatable bonds is 5. The molecule has 1 aliphatic heterocycles. The first-order valence-electron chi connectivity index (χ1n) is 6.59. The Bertz CT molecular complexity index is 519. The number of imidazole rings is 1. The van der Waals surface area contributed by atoms with Gasteiger partial charge in [-0.3, -0.25) is 0 Å². The van der Waals surface area contributed by atoms with E-state index in [9.17, 15) is 8.42 Å². The molecule has 0 amide bonds. The molecule has 1 aromatic heterocycles. The highest BCUT2D eigenvalue weighted by Gasteiger charge is 2.36. The van der Waals surface area contributed by atoms with Gasteiger partial charge in [-0.2, -0.15) is 4.31 Å². The standard InChI is InChI=1S/C12H21N3O3S/c1-10-13-12(9-14(10)2)19(17,18)15-7-3-5-11(15)6-4-8-16/h9,11,16H,3-8H2,1-2H3. The number of nitrogens with zero attached hydrogens (tertiary/aromatic N) is 3. The molecule has 1 atom stereocenters. The monoisotopic (exact) mass is 287 g/mol. The average Bonchev–Trinajstić information content (AvgIpc) is 2.95. The van der Waals surface area contributed by atoms with Crippen molar-refractivity contribution in [3.8, 4) is 0 Å². The van der Waals surface area contributed by atoms with E-state index in [0.29, 0.717) is 25.2 Å². The van der Waals surface area contributed by atoms with E-state index in [2.05, 4.69) is 4.98 Å².